The molecule has 0 spiro atoms. The monoisotopic (exact) mass is 732 g/mol. The average molecular weight is 733 g/mol. The molecule has 0 radical (unpaired) electrons. The number of hydrogen-bond donors (Lipinski definition) is 3. The maximum Gasteiger partial charge on any atom is 0.309 e. The number of rotatable bonds is 8. The number of anilines is 1. The predicted octanol–water partition coefficient (Wildman–Crippen LogP) is 7.03. The second-order valence-electron chi connectivity index (χ2n) is 14.9. The van der Waals surface area contributed by atoms with Gasteiger partial charge in [-0.2, -0.15) is 0 Å². The molecule has 1 saturated carbocycles. The number of amides is 1. The Morgan fingerprint density at radius 1 is 0.926 bits per heavy atom. The first-order chi connectivity index (χ1) is 26.2. The van der Waals surface area contributed by atoms with E-state index >= 15 is 0 Å². The molecule has 5 aromatic rings. The number of carboxylic acids is 1. The van der Waals surface area contributed by atoms with Crippen LogP contribution in [0.15, 0.2) is 95.5 Å². The summed E-state index contributed by atoms with van der Waals surface area (Å²) in [6.45, 7) is 2.62. The summed E-state index contributed by atoms with van der Waals surface area (Å²) in [4.78, 5) is 26.5. The third-order valence-corrected chi connectivity index (χ3v) is 11.6. The number of ether oxygens (including phenoxy) is 1. The summed E-state index contributed by atoms with van der Waals surface area (Å²) in [7, 11) is 0. The third kappa shape index (κ3) is 6.89. The van der Waals surface area contributed by atoms with Crippen molar-refractivity contribution >= 4 is 17.6 Å². The summed E-state index contributed by atoms with van der Waals surface area (Å²) >= 11 is 0. The highest BCUT2D eigenvalue weighted by Gasteiger charge is 2.43. The lowest BCUT2D eigenvalue weighted by molar-refractivity contribution is -0.145. The molecule has 54 heavy (non-hydrogen) atoms. The topological polar surface area (TPSA) is 131 Å². The smallest absolute Gasteiger partial charge is 0.309 e. The van der Waals surface area contributed by atoms with Crippen LogP contribution in [0.2, 0.25) is 0 Å². The molecule has 4 aromatic carbocycles. The van der Waals surface area contributed by atoms with Crippen molar-refractivity contribution in [2.45, 2.75) is 56.0 Å². The zero-order valence-electron chi connectivity index (χ0n) is 29.8. The van der Waals surface area contributed by atoms with Gasteiger partial charge in [0.15, 0.2) is 11.5 Å². The summed E-state index contributed by atoms with van der Waals surface area (Å²) in [5, 5.41) is 16.0. The summed E-state index contributed by atoms with van der Waals surface area (Å²) in [6.07, 6.45) is 5.78. The van der Waals surface area contributed by atoms with Gasteiger partial charge in [0.1, 0.15) is 11.6 Å². The molecule has 9 rings (SSSR count). The average Bonchev–Trinajstić information content (AvgIpc) is 3.77. The SMILES string of the molecule is Nc1c(C2(Cc3ccccc3)COC2)ccc2c1Cc1ccccc1-2.O=C(N[C@@H]1CCN(C2CCC2)C[C@H]1C(=O)O)c1cc(-c2ccc(F)cc2F)on1. The number of carbonyl (C=O) groups excluding carboxylic acids is 1. The number of nitrogens with two attached hydrogens (primary N) is 1. The van der Waals surface area contributed by atoms with Crippen molar-refractivity contribution in [3.8, 4) is 22.5 Å². The van der Waals surface area contributed by atoms with Crippen molar-refractivity contribution in [2.75, 3.05) is 32.0 Å². The number of carboxylic acid groups (broad SMARTS) is 1. The van der Waals surface area contributed by atoms with E-state index in [-0.39, 0.29) is 22.4 Å². The Labute approximate surface area is 312 Å². The van der Waals surface area contributed by atoms with Gasteiger partial charge in [0.25, 0.3) is 5.91 Å². The molecule has 3 fully saturated rings. The number of benzene rings is 4. The van der Waals surface area contributed by atoms with E-state index in [4.69, 9.17) is 15.0 Å². The molecule has 1 amide bonds. The fourth-order valence-corrected chi connectivity index (χ4v) is 8.31. The summed E-state index contributed by atoms with van der Waals surface area (Å²) in [5.74, 6) is -3.82. The summed E-state index contributed by atoms with van der Waals surface area (Å²) in [5.41, 5.74) is 15.5. The van der Waals surface area contributed by atoms with Crippen LogP contribution in [0.3, 0.4) is 0 Å². The maximum atomic E-state index is 13.9. The Balaban J connectivity index is 0.000000155. The molecule has 4 N–H and O–H groups in total. The van der Waals surface area contributed by atoms with Crippen molar-refractivity contribution in [3.63, 3.8) is 0 Å². The minimum Gasteiger partial charge on any atom is -0.481 e. The summed E-state index contributed by atoms with van der Waals surface area (Å²) in [6, 6.07) is 27.9. The lowest BCUT2D eigenvalue weighted by atomic mass is 9.72. The number of fused-ring (bicyclic) bond motifs is 3. The second-order valence-corrected chi connectivity index (χ2v) is 14.9. The standard InChI is InChI=1S/C23H21NO.C20H21F2N3O4/c24-22-20-12-17-8-4-5-9-18(17)19(20)10-11-21(22)23(14-25-15-23)13-16-6-2-1-3-7-16;21-11-4-5-13(15(22)8-11)18-9-17(24-29-18)19(26)23-16-6-7-25(12-2-1-3-12)10-14(16)20(27)28/h1-11H,12-15,24H2;4-5,8-9,12,14,16H,1-3,6-7,10H2,(H,23,26)(H,27,28)/t;14-,16-/m.1/s1. The Hall–Kier alpha value is -5.39. The molecule has 2 aliphatic heterocycles. The Kier molecular flexibility index (Phi) is 9.76. The number of likely N-dealkylation sites (tertiary alicyclic amines) is 1. The molecule has 2 saturated heterocycles. The lowest BCUT2D eigenvalue weighted by Crippen LogP contribution is -2.56. The van der Waals surface area contributed by atoms with Crippen LogP contribution in [0, 0.1) is 17.6 Å². The van der Waals surface area contributed by atoms with Crippen molar-refractivity contribution in [3.05, 3.63) is 131 Å². The third-order valence-electron chi connectivity index (χ3n) is 11.6. The van der Waals surface area contributed by atoms with Crippen molar-refractivity contribution in [2.24, 2.45) is 5.92 Å². The minimum absolute atomic E-state index is 0.00917. The molecular weight excluding hydrogens is 690 g/mol. The molecular formula is C43H42F2N4O5. The fraction of sp³-hybridized carbons (Fsp3) is 0.326. The highest BCUT2D eigenvalue weighted by Crippen LogP contribution is 2.46. The number of hydrogen-bond acceptors (Lipinski definition) is 7. The van der Waals surface area contributed by atoms with E-state index in [0.29, 0.717) is 25.1 Å². The van der Waals surface area contributed by atoms with E-state index in [9.17, 15) is 23.5 Å². The zero-order chi connectivity index (χ0) is 37.4. The number of nitrogen functional groups attached to an aromatic ring is 1. The minimum atomic E-state index is -0.950. The summed E-state index contributed by atoms with van der Waals surface area (Å²) < 4.78 is 37.6. The van der Waals surface area contributed by atoms with Crippen LogP contribution < -0.4 is 11.1 Å². The molecule has 4 aliphatic rings. The molecule has 2 atom stereocenters. The lowest BCUT2D eigenvalue weighted by Gasteiger charge is -2.44. The van der Waals surface area contributed by atoms with E-state index in [1.165, 1.54) is 51.9 Å². The second kappa shape index (κ2) is 14.8. The van der Waals surface area contributed by atoms with E-state index in [1.54, 1.807) is 0 Å². The van der Waals surface area contributed by atoms with Gasteiger partial charge < -0.3 is 25.4 Å². The Bertz CT molecular complexity index is 2180. The number of aliphatic carboxylic acids is 1. The first kappa shape index (κ1) is 35.6. The van der Waals surface area contributed by atoms with Gasteiger partial charge in [0, 0.05) is 54.8 Å². The number of aromatic nitrogens is 1. The van der Waals surface area contributed by atoms with Gasteiger partial charge in [0.2, 0.25) is 0 Å². The molecule has 278 valence electrons. The highest BCUT2D eigenvalue weighted by atomic mass is 19.1. The maximum absolute atomic E-state index is 13.9. The van der Waals surface area contributed by atoms with E-state index in [1.807, 2.05) is 0 Å². The Morgan fingerprint density at radius 3 is 2.39 bits per heavy atom. The number of piperidine rings is 1. The van der Waals surface area contributed by atoms with Gasteiger partial charge in [0.05, 0.1) is 24.7 Å². The van der Waals surface area contributed by atoms with Gasteiger partial charge in [-0.1, -0.05) is 78.3 Å². The van der Waals surface area contributed by atoms with Gasteiger partial charge in [-0.25, -0.2) is 8.78 Å². The number of nitrogens with zero attached hydrogens (tertiary/aromatic N) is 2. The highest BCUT2D eigenvalue weighted by molar-refractivity contribution is 5.93. The molecule has 1 aromatic heterocycles. The number of carbonyl (C=O) groups is 2. The van der Waals surface area contributed by atoms with Gasteiger partial charge in [-0.3, -0.25) is 14.5 Å². The van der Waals surface area contributed by atoms with E-state index in [0.717, 1.165) is 57.2 Å². The van der Waals surface area contributed by atoms with E-state index in [2.05, 4.69) is 82.1 Å². The first-order valence-corrected chi connectivity index (χ1v) is 18.5. The van der Waals surface area contributed by atoms with Crippen LogP contribution in [0.5, 0.6) is 0 Å². The predicted molar refractivity (Wildman–Crippen MR) is 200 cm³/mol. The van der Waals surface area contributed by atoms with Crippen molar-refractivity contribution in [1.29, 1.82) is 0 Å². The van der Waals surface area contributed by atoms with Crippen LogP contribution in [-0.2, 0) is 27.8 Å². The molecule has 9 nitrogen and oxygen atoms in total. The molecule has 0 unspecified atom stereocenters. The van der Waals surface area contributed by atoms with Gasteiger partial charge in [-0.05, 0) is 71.2 Å². The molecule has 11 heteroatoms. The Morgan fingerprint density at radius 2 is 1.69 bits per heavy atom. The normalized spacial score (nSPS) is 20.0. The molecule has 3 heterocycles. The largest absolute Gasteiger partial charge is 0.481 e. The first-order valence-electron chi connectivity index (χ1n) is 18.5. The van der Waals surface area contributed by atoms with Crippen LogP contribution in [-0.4, -0.2) is 65.4 Å². The van der Waals surface area contributed by atoms with Crippen LogP contribution in [0.4, 0.5) is 14.5 Å². The van der Waals surface area contributed by atoms with Crippen LogP contribution in [0.25, 0.3) is 22.5 Å². The number of nitrogens with one attached hydrogen (secondary N) is 1. The zero-order valence-corrected chi connectivity index (χ0v) is 29.8. The quantitative estimate of drug-likeness (QED) is 0.142. The van der Waals surface area contributed by atoms with Gasteiger partial charge >= 0.3 is 5.97 Å². The van der Waals surface area contributed by atoms with Crippen LogP contribution >= 0.6 is 0 Å². The molecule has 2 aliphatic carbocycles. The van der Waals surface area contributed by atoms with Crippen molar-refractivity contribution < 1.29 is 32.7 Å². The van der Waals surface area contributed by atoms with Gasteiger partial charge in [-0.15, -0.1) is 0 Å². The van der Waals surface area contributed by atoms with E-state index < -0.39 is 35.5 Å². The van der Waals surface area contributed by atoms with Crippen LogP contribution in [0.1, 0.15) is 58.4 Å². The fourth-order valence-electron chi connectivity index (χ4n) is 8.31. The molecule has 0 bridgehead atoms. The number of halogens is 2. The van der Waals surface area contributed by atoms with Crippen molar-refractivity contribution in [1.82, 2.24) is 15.4 Å².